The summed E-state index contributed by atoms with van der Waals surface area (Å²) in [5.74, 6) is -0.136. The fourth-order valence-electron chi connectivity index (χ4n) is 4.82. The van der Waals surface area contributed by atoms with E-state index in [-0.39, 0.29) is 22.9 Å². The molecule has 0 radical (unpaired) electrons. The summed E-state index contributed by atoms with van der Waals surface area (Å²) < 4.78 is 29.8. The second-order valence-corrected chi connectivity index (χ2v) is 11.4. The molecule has 0 aromatic heterocycles. The number of anilines is 2. The molecule has 2 aromatic carbocycles. The zero-order valence-corrected chi connectivity index (χ0v) is 20.7. The normalized spacial score (nSPS) is 22.0. The zero-order chi connectivity index (χ0) is 22.5. The number of nitrogens with zero attached hydrogens (tertiary/aromatic N) is 3. The van der Waals surface area contributed by atoms with Gasteiger partial charge in [-0.3, -0.25) is 4.79 Å². The molecule has 166 valence electrons. The summed E-state index contributed by atoms with van der Waals surface area (Å²) in [6, 6.07) is 11.8. The highest BCUT2D eigenvalue weighted by atomic mass is 79.9. The van der Waals surface area contributed by atoms with Crippen LogP contribution < -0.4 is 9.80 Å². The smallest absolute Gasteiger partial charge is 0.245 e. The van der Waals surface area contributed by atoms with E-state index in [0.717, 1.165) is 11.3 Å². The van der Waals surface area contributed by atoms with Crippen LogP contribution in [-0.4, -0.2) is 50.3 Å². The van der Waals surface area contributed by atoms with Crippen molar-refractivity contribution in [3.05, 3.63) is 52.0 Å². The average Bonchev–Trinajstić information content (AvgIpc) is 3.02. The molecule has 2 aliphatic heterocycles. The summed E-state index contributed by atoms with van der Waals surface area (Å²) in [6.07, 6.45) is 0.647. The predicted octanol–water partition coefficient (Wildman–Crippen LogP) is 3.95. The molecule has 2 aliphatic rings. The molecule has 0 N–H and O–H groups in total. The van der Waals surface area contributed by atoms with Gasteiger partial charge in [-0.05, 0) is 62.6 Å². The van der Waals surface area contributed by atoms with Crippen LogP contribution in [0.15, 0.2) is 45.8 Å². The first kappa shape index (κ1) is 22.3. The molecule has 0 aliphatic carbocycles. The summed E-state index contributed by atoms with van der Waals surface area (Å²) in [4.78, 5) is 16.4. The molecule has 1 amide bonds. The van der Waals surface area contributed by atoms with E-state index in [0.29, 0.717) is 36.2 Å². The predicted molar refractivity (Wildman–Crippen MR) is 127 cm³/mol. The van der Waals surface area contributed by atoms with E-state index in [2.05, 4.69) is 52.9 Å². The van der Waals surface area contributed by atoms with Crippen LogP contribution in [0.5, 0.6) is 0 Å². The average molecular weight is 506 g/mol. The van der Waals surface area contributed by atoms with E-state index < -0.39 is 10.0 Å². The summed E-state index contributed by atoms with van der Waals surface area (Å²) in [7, 11) is -3.76. The summed E-state index contributed by atoms with van der Waals surface area (Å²) in [5.41, 5.74) is 3.73. The monoisotopic (exact) mass is 505 g/mol. The molecule has 2 unspecified atom stereocenters. The fraction of sp³-hybridized carbons (Fsp3) is 0.435. The molecule has 4 rings (SSSR count). The highest BCUT2D eigenvalue weighted by Crippen LogP contribution is 2.41. The number of rotatable bonds is 3. The van der Waals surface area contributed by atoms with Crippen molar-refractivity contribution in [3.8, 4) is 0 Å². The number of sulfonamides is 1. The topological polar surface area (TPSA) is 60.9 Å². The molecule has 8 heteroatoms. The lowest BCUT2D eigenvalue weighted by Crippen LogP contribution is -2.53. The lowest BCUT2D eigenvalue weighted by atomic mass is 10.1. The molecule has 0 bridgehead atoms. The summed E-state index contributed by atoms with van der Waals surface area (Å²) in [5, 5.41) is 0. The van der Waals surface area contributed by atoms with Gasteiger partial charge in [-0.2, -0.15) is 4.31 Å². The number of piperazine rings is 1. The van der Waals surface area contributed by atoms with Crippen molar-refractivity contribution < 1.29 is 13.2 Å². The number of halogens is 1. The van der Waals surface area contributed by atoms with Crippen molar-refractivity contribution in [2.45, 2.75) is 51.1 Å². The molecule has 0 saturated carbocycles. The third-order valence-electron chi connectivity index (χ3n) is 6.20. The molecule has 2 heterocycles. The molecule has 0 spiro atoms. The van der Waals surface area contributed by atoms with Crippen molar-refractivity contribution >= 4 is 43.2 Å². The minimum atomic E-state index is -3.76. The quantitative estimate of drug-likeness (QED) is 0.633. The van der Waals surface area contributed by atoms with Gasteiger partial charge in [0.2, 0.25) is 15.9 Å². The Hall–Kier alpha value is -1.90. The molecule has 2 aromatic rings. The van der Waals surface area contributed by atoms with Gasteiger partial charge in [0, 0.05) is 48.8 Å². The highest BCUT2D eigenvalue weighted by Gasteiger charge is 2.39. The van der Waals surface area contributed by atoms with Crippen molar-refractivity contribution in [2.24, 2.45) is 0 Å². The number of carbonyl (C=O) groups is 1. The van der Waals surface area contributed by atoms with E-state index in [1.165, 1.54) is 12.5 Å². The first-order valence-corrected chi connectivity index (χ1v) is 12.8. The standard InChI is InChI=1S/C23H28BrN3O3S/c1-15-6-5-7-21(10-15)26-9-8-25(14-17(26)3)31(29,30)22-13-20(24)12-19-11-16(2)27(18(4)28)23(19)22/h5-7,10,12-13,16-17H,8-9,11,14H2,1-4H3. The van der Waals surface area contributed by atoms with E-state index in [1.54, 1.807) is 15.3 Å². The molecule has 6 nitrogen and oxygen atoms in total. The lowest BCUT2D eigenvalue weighted by Gasteiger charge is -2.41. The van der Waals surface area contributed by atoms with Gasteiger partial charge in [-0.15, -0.1) is 0 Å². The van der Waals surface area contributed by atoms with Gasteiger partial charge in [0.1, 0.15) is 4.90 Å². The number of aryl methyl sites for hydroxylation is 1. The third kappa shape index (κ3) is 4.01. The van der Waals surface area contributed by atoms with Crippen molar-refractivity contribution in [1.82, 2.24) is 4.31 Å². The minimum absolute atomic E-state index is 0.0355. The molecular weight excluding hydrogens is 478 g/mol. The van der Waals surface area contributed by atoms with Crippen LogP contribution in [0.1, 0.15) is 31.9 Å². The second-order valence-electron chi connectivity index (χ2n) is 8.60. The van der Waals surface area contributed by atoms with E-state index in [1.807, 2.05) is 19.1 Å². The Balaban J connectivity index is 1.67. The first-order valence-electron chi connectivity index (χ1n) is 10.5. The van der Waals surface area contributed by atoms with Crippen LogP contribution >= 0.6 is 15.9 Å². The van der Waals surface area contributed by atoms with Gasteiger partial charge in [0.25, 0.3) is 0 Å². The minimum Gasteiger partial charge on any atom is -0.366 e. The first-order chi connectivity index (χ1) is 14.6. The molecule has 31 heavy (non-hydrogen) atoms. The van der Waals surface area contributed by atoms with Crippen LogP contribution in [0.3, 0.4) is 0 Å². The van der Waals surface area contributed by atoms with Crippen LogP contribution in [-0.2, 0) is 21.2 Å². The van der Waals surface area contributed by atoms with Gasteiger partial charge >= 0.3 is 0 Å². The van der Waals surface area contributed by atoms with Crippen molar-refractivity contribution in [2.75, 3.05) is 29.4 Å². The zero-order valence-electron chi connectivity index (χ0n) is 18.3. The maximum absolute atomic E-state index is 13.8. The molecular formula is C23H28BrN3O3S. The second kappa shape index (κ2) is 8.22. The van der Waals surface area contributed by atoms with Crippen molar-refractivity contribution in [1.29, 1.82) is 0 Å². The number of fused-ring (bicyclic) bond motifs is 1. The van der Waals surface area contributed by atoms with Crippen LogP contribution in [0.25, 0.3) is 0 Å². The number of hydrogen-bond acceptors (Lipinski definition) is 4. The van der Waals surface area contributed by atoms with Crippen molar-refractivity contribution in [3.63, 3.8) is 0 Å². The number of amides is 1. The fourth-order valence-corrected chi connectivity index (χ4v) is 7.24. The number of benzene rings is 2. The summed E-state index contributed by atoms with van der Waals surface area (Å²) in [6.45, 7) is 8.97. The van der Waals surface area contributed by atoms with Gasteiger partial charge < -0.3 is 9.80 Å². The number of hydrogen-bond donors (Lipinski definition) is 0. The van der Waals surface area contributed by atoms with Crippen LogP contribution in [0, 0.1) is 6.92 Å². The van der Waals surface area contributed by atoms with Gasteiger partial charge in [0.05, 0.1) is 5.69 Å². The molecule has 2 atom stereocenters. The Kier molecular flexibility index (Phi) is 5.91. The van der Waals surface area contributed by atoms with Gasteiger partial charge in [-0.1, -0.05) is 28.1 Å². The number of carbonyl (C=O) groups excluding carboxylic acids is 1. The van der Waals surface area contributed by atoms with Crippen LogP contribution in [0.4, 0.5) is 11.4 Å². The van der Waals surface area contributed by atoms with E-state index in [9.17, 15) is 13.2 Å². The Morgan fingerprint density at radius 3 is 2.48 bits per heavy atom. The third-order valence-corrected chi connectivity index (χ3v) is 8.53. The van der Waals surface area contributed by atoms with E-state index in [4.69, 9.17) is 0 Å². The van der Waals surface area contributed by atoms with E-state index >= 15 is 0 Å². The Labute approximate surface area is 193 Å². The summed E-state index contributed by atoms with van der Waals surface area (Å²) >= 11 is 3.47. The molecule has 1 saturated heterocycles. The van der Waals surface area contributed by atoms with Gasteiger partial charge in [0.15, 0.2) is 0 Å². The Bertz CT molecular complexity index is 1130. The van der Waals surface area contributed by atoms with Gasteiger partial charge in [-0.25, -0.2) is 8.42 Å². The lowest BCUT2D eigenvalue weighted by molar-refractivity contribution is -0.116. The SMILES string of the molecule is CC(=O)N1c2c(cc(Br)cc2S(=O)(=O)N2CCN(c3cccc(C)c3)C(C)C2)CC1C. The Morgan fingerprint density at radius 2 is 1.84 bits per heavy atom. The highest BCUT2D eigenvalue weighted by molar-refractivity contribution is 9.10. The maximum atomic E-state index is 13.8. The largest absolute Gasteiger partial charge is 0.366 e. The molecule has 1 fully saturated rings. The Morgan fingerprint density at radius 1 is 1.10 bits per heavy atom. The van der Waals surface area contributed by atoms with Crippen LogP contribution in [0.2, 0.25) is 0 Å². The maximum Gasteiger partial charge on any atom is 0.245 e.